The number of hydrogen-bond acceptors (Lipinski definition) is 7. The molecule has 0 aliphatic heterocycles. The Hall–Kier alpha value is -2.33. The van der Waals surface area contributed by atoms with Crippen LogP contribution in [0.5, 0.6) is 0 Å². The van der Waals surface area contributed by atoms with Gasteiger partial charge < -0.3 is 24.4 Å². The average Bonchev–Trinajstić information content (AvgIpc) is 3.16. The van der Waals surface area contributed by atoms with E-state index in [1.165, 1.54) is 0 Å². The lowest BCUT2D eigenvalue weighted by Gasteiger charge is -2.31. The summed E-state index contributed by atoms with van der Waals surface area (Å²) < 4.78 is 18.0. The predicted molar refractivity (Wildman–Crippen MR) is 109 cm³/mol. The first-order valence-electron chi connectivity index (χ1n) is 9.80. The number of aryl methyl sites for hydroxylation is 1. The zero-order valence-electron chi connectivity index (χ0n) is 18.0. The quantitative estimate of drug-likeness (QED) is 0.473. The highest BCUT2D eigenvalue weighted by molar-refractivity contribution is 5.74. The van der Waals surface area contributed by atoms with Gasteiger partial charge in [-0.3, -0.25) is 4.79 Å². The van der Waals surface area contributed by atoms with Gasteiger partial charge in [-0.1, -0.05) is 23.4 Å². The zero-order chi connectivity index (χ0) is 22.1. The molecule has 2 aromatic rings. The Morgan fingerprint density at radius 3 is 2.70 bits per heavy atom. The smallest absolute Gasteiger partial charge is 0.312 e. The molecule has 2 N–H and O–H groups in total. The molecule has 2 rings (SSSR count). The molecule has 0 saturated heterocycles. The normalized spacial score (nSPS) is 12.8. The minimum atomic E-state index is -1.19. The lowest BCUT2D eigenvalue weighted by molar-refractivity contribution is -0.158. The van der Waals surface area contributed by atoms with Crippen molar-refractivity contribution < 1.29 is 29.2 Å². The maximum atomic E-state index is 11.9. The number of rotatable bonds is 13. The molecule has 0 aliphatic rings. The van der Waals surface area contributed by atoms with Gasteiger partial charge in [-0.15, -0.1) is 5.10 Å². The van der Waals surface area contributed by atoms with Crippen LogP contribution >= 0.6 is 0 Å². The second kappa shape index (κ2) is 11.2. The maximum Gasteiger partial charge on any atom is 0.312 e. The highest BCUT2D eigenvalue weighted by Gasteiger charge is 2.39. The summed E-state index contributed by atoms with van der Waals surface area (Å²) in [6, 6.07) is 5.48. The van der Waals surface area contributed by atoms with Crippen LogP contribution < -0.4 is 0 Å². The molecule has 0 fully saturated rings. The lowest BCUT2D eigenvalue weighted by Crippen LogP contribution is -2.33. The van der Waals surface area contributed by atoms with Crippen LogP contribution in [-0.4, -0.2) is 58.1 Å². The summed E-state index contributed by atoms with van der Waals surface area (Å²) >= 11 is 0. The number of ether oxygens (including phenoxy) is 3. The first-order chi connectivity index (χ1) is 14.3. The Bertz CT molecular complexity index is 821. The molecule has 1 atom stereocenters. The van der Waals surface area contributed by atoms with E-state index >= 15 is 0 Å². The third kappa shape index (κ3) is 6.33. The number of carbonyl (C=O) groups is 1. The number of methoxy groups -OCH3 is 1. The number of nitrogens with zero attached hydrogens (tertiary/aromatic N) is 3. The van der Waals surface area contributed by atoms with Gasteiger partial charge in [-0.25, -0.2) is 4.68 Å². The summed E-state index contributed by atoms with van der Waals surface area (Å²) in [5, 5.41) is 27.4. The molecule has 1 aromatic carbocycles. The predicted octanol–water partition coefficient (Wildman–Crippen LogP) is 2.11. The second-order valence-electron chi connectivity index (χ2n) is 7.64. The van der Waals surface area contributed by atoms with E-state index in [-0.39, 0.29) is 13.2 Å². The van der Waals surface area contributed by atoms with Crippen LogP contribution in [-0.2, 0) is 38.8 Å². The molecule has 1 aromatic heterocycles. The van der Waals surface area contributed by atoms with E-state index in [9.17, 15) is 15.0 Å². The minimum absolute atomic E-state index is 0.105. The molecular weight excluding hydrogens is 390 g/mol. The number of aliphatic hydroxyl groups excluding tert-OH is 1. The van der Waals surface area contributed by atoms with Crippen molar-refractivity contribution in [1.82, 2.24) is 15.0 Å². The van der Waals surface area contributed by atoms with Crippen LogP contribution in [0.4, 0.5) is 0 Å². The fourth-order valence-electron chi connectivity index (χ4n) is 2.94. The third-order valence-electron chi connectivity index (χ3n) is 4.93. The van der Waals surface area contributed by atoms with Gasteiger partial charge in [0.25, 0.3) is 0 Å². The van der Waals surface area contributed by atoms with Gasteiger partial charge in [0.05, 0.1) is 57.3 Å². The Kier molecular flexibility index (Phi) is 8.91. The molecule has 0 radical (unpaired) electrons. The van der Waals surface area contributed by atoms with Gasteiger partial charge in [0, 0.05) is 7.11 Å². The summed E-state index contributed by atoms with van der Waals surface area (Å²) in [4.78, 5) is 11.9. The third-order valence-corrected chi connectivity index (χ3v) is 4.93. The van der Waals surface area contributed by atoms with E-state index in [0.29, 0.717) is 37.6 Å². The molecule has 0 saturated carbocycles. The minimum Gasteiger partial charge on any atom is -0.481 e. The van der Waals surface area contributed by atoms with Crippen LogP contribution in [0.1, 0.15) is 42.3 Å². The number of carboxylic acids is 1. The molecule has 0 aliphatic carbocycles. The van der Waals surface area contributed by atoms with Crippen molar-refractivity contribution in [2.75, 3.05) is 26.9 Å². The van der Waals surface area contributed by atoms with Crippen LogP contribution in [0.15, 0.2) is 24.4 Å². The van der Waals surface area contributed by atoms with Gasteiger partial charge in [0.2, 0.25) is 0 Å². The van der Waals surface area contributed by atoms with Gasteiger partial charge in [0.1, 0.15) is 5.69 Å². The summed E-state index contributed by atoms with van der Waals surface area (Å²) in [7, 11) is 1.62. The average molecular weight is 421 g/mol. The fourth-order valence-corrected chi connectivity index (χ4v) is 2.94. The van der Waals surface area contributed by atoms with Crippen LogP contribution in [0, 0.1) is 12.3 Å². The number of carboxylic acid groups (broad SMARTS) is 1. The number of benzene rings is 1. The summed E-state index contributed by atoms with van der Waals surface area (Å²) in [6.07, 6.45) is 1.02. The zero-order valence-corrected chi connectivity index (χ0v) is 18.0. The number of aliphatic carboxylic acids is 1. The van der Waals surface area contributed by atoms with Crippen LogP contribution in [0.25, 0.3) is 0 Å². The van der Waals surface area contributed by atoms with E-state index in [0.717, 1.165) is 11.1 Å². The van der Waals surface area contributed by atoms with E-state index in [1.54, 1.807) is 37.9 Å². The van der Waals surface area contributed by atoms with Crippen molar-refractivity contribution in [2.24, 2.45) is 5.41 Å². The number of aliphatic hydroxyl groups is 1. The highest BCUT2D eigenvalue weighted by Crippen LogP contribution is 2.38. The maximum absolute atomic E-state index is 11.9. The molecule has 30 heavy (non-hydrogen) atoms. The topological polar surface area (TPSA) is 116 Å². The standard InChI is InChI=1S/C21H31N3O6/c1-15-5-6-16(11-17(15)13-25)19(21(2,3)20(26)27)30-14-18-12-24(23-22-18)7-8-29-10-9-28-4/h5-6,11-12,19,25H,7-10,13-14H2,1-4H3,(H,26,27). The second-order valence-corrected chi connectivity index (χ2v) is 7.64. The molecule has 1 unspecified atom stereocenters. The van der Waals surface area contributed by atoms with E-state index in [1.807, 2.05) is 19.1 Å². The van der Waals surface area contributed by atoms with Crippen LogP contribution in [0.3, 0.4) is 0 Å². The van der Waals surface area contributed by atoms with Crippen molar-refractivity contribution in [3.05, 3.63) is 46.8 Å². The fraction of sp³-hybridized carbons (Fsp3) is 0.571. The van der Waals surface area contributed by atoms with Crippen LogP contribution in [0.2, 0.25) is 0 Å². The Balaban J connectivity index is 2.08. The van der Waals surface area contributed by atoms with Gasteiger partial charge >= 0.3 is 5.97 Å². The number of aromatic nitrogens is 3. The van der Waals surface area contributed by atoms with Gasteiger partial charge in [0.15, 0.2) is 0 Å². The monoisotopic (exact) mass is 421 g/mol. The van der Waals surface area contributed by atoms with Crippen molar-refractivity contribution in [2.45, 2.75) is 46.6 Å². The van der Waals surface area contributed by atoms with Crippen molar-refractivity contribution in [3.63, 3.8) is 0 Å². The first-order valence-corrected chi connectivity index (χ1v) is 9.80. The van der Waals surface area contributed by atoms with Gasteiger partial charge in [-0.05, 0) is 37.5 Å². The summed E-state index contributed by atoms with van der Waals surface area (Å²) in [6.45, 7) is 7.18. The largest absolute Gasteiger partial charge is 0.481 e. The Labute approximate surface area is 176 Å². The molecular formula is C21H31N3O6. The van der Waals surface area contributed by atoms with E-state index < -0.39 is 17.5 Å². The Morgan fingerprint density at radius 2 is 2.03 bits per heavy atom. The molecule has 1 heterocycles. The van der Waals surface area contributed by atoms with Gasteiger partial charge in [-0.2, -0.15) is 0 Å². The number of hydrogen-bond donors (Lipinski definition) is 2. The molecule has 9 heteroatoms. The molecule has 0 bridgehead atoms. The van der Waals surface area contributed by atoms with Crippen molar-refractivity contribution in [3.8, 4) is 0 Å². The van der Waals surface area contributed by atoms with Crippen molar-refractivity contribution >= 4 is 5.97 Å². The molecule has 0 spiro atoms. The SMILES string of the molecule is COCCOCCn1cc(COC(c2ccc(C)c(CO)c2)C(C)(C)C(=O)O)nn1. The van der Waals surface area contributed by atoms with Crippen molar-refractivity contribution in [1.29, 1.82) is 0 Å². The molecule has 0 amide bonds. The van der Waals surface area contributed by atoms with E-state index in [4.69, 9.17) is 14.2 Å². The van der Waals surface area contributed by atoms with E-state index in [2.05, 4.69) is 10.3 Å². The summed E-state index contributed by atoms with van der Waals surface area (Å²) in [5.41, 5.74) is 1.77. The highest BCUT2D eigenvalue weighted by atomic mass is 16.5. The summed E-state index contributed by atoms with van der Waals surface area (Å²) in [5.74, 6) is -0.976. The Morgan fingerprint density at radius 1 is 1.27 bits per heavy atom. The molecule has 166 valence electrons. The lowest BCUT2D eigenvalue weighted by atomic mass is 9.82. The molecule has 9 nitrogen and oxygen atoms in total. The first kappa shape index (κ1) is 23.9.